The second kappa shape index (κ2) is 2.47. The van der Waals surface area contributed by atoms with Crippen LogP contribution in [0.1, 0.15) is 5.56 Å². The lowest BCUT2D eigenvalue weighted by Gasteiger charge is -1.96. The maximum Gasteiger partial charge on any atom is 0.152 e. The molecule has 0 saturated heterocycles. The summed E-state index contributed by atoms with van der Waals surface area (Å²) in [4.78, 5) is 3.50. The van der Waals surface area contributed by atoms with E-state index in [-0.39, 0.29) is 11.3 Å². The van der Waals surface area contributed by atoms with Crippen molar-refractivity contribution in [3.8, 4) is 0 Å². The predicted octanol–water partition coefficient (Wildman–Crippen LogP) is 1.75. The van der Waals surface area contributed by atoms with Gasteiger partial charge in [0.05, 0.1) is 11.8 Å². The van der Waals surface area contributed by atoms with Crippen molar-refractivity contribution in [2.45, 2.75) is 0 Å². The Balaban J connectivity index is 3.15. The summed E-state index contributed by atoms with van der Waals surface area (Å²) in [7, 11) is 0. The Morgan fingerprint density at radius 1 is 1.70 bits per heavy atom. The van der Waals surface area contributed by atoms with Crippen LogP contribution in [0.2, 0.25) is 0 Å². The molecule has 0 aliphatic heterocycles. The first-order chi connectivity index (χ1) is 4.72. The molecule has 52 valence electrons. The van der Waals surface area contributed by atoms with Gasteiger partial charge in [-0.2, -0.15) is 0 Å². The number of hydrogen-bond donors (Lipinski definition) is 1. The van der Waals surface area contributed by atoms with Crippen LogP contribution in [-0.2, 0) is 0 Å². The van der Waals surface area contributed by atoms with Crippen molar-refractivity contribution in [1.29, 1.82) is 0 Å². The van der Waals surface area contributed by atoms with E-state index >= 15 is 0 Å². The Bertz CT molecular complexity index is 260. The molecule has 1 heterocycles. The molecular formula is C7H6FNO. The zero-order valence-electron chi connectivity index (χ0n) is 5.21. The number of pyridine rings is 1. The average molecular weight is 139 g/mol. The zero-order chi connectivity index (χ0) is 7.56. The van der Waals surface area contributed by atoms with E-state index in [1.54, 1.807) is 0 Å². The smallest absolute Gasteiger partial charge is 0.152 e. The number of halogens is 1. The monoisotopic (exact) mass is 139 g/mol. The van der Waals surface area contributed by atoms with Gasteiger partial charge in [0.25, 0.3) is 0 Å². The van der Waals surface area contributed by atoms with E-state index in [1.807, 2.05) is 0 Å². The lowest BCUT2D eigenvalue weighted by atomic mass is 10.2. The van der Waals surface area contributed by atoms with Crippen LogP contribution in [0.4, 0.5) is 4.39 Å². The van der Waals surface area contributed by atoms with Gasteiger partial charge < -0.3 is 5.11 Å². The van der Waals surface area contributed by atoms with Gasteiger partial charge in [-0.05, 0) is 6.07 Å². The molecule has 0 aliphatic carbocycles. The van der Waals surface area contributed by atoms with Crippen LogP contribution in [-0.4, -0.2) is 10.1 Å². The van der Waals surface area contributed by atoms with E-state index in [0.29, 0.717) is 0 Å². The molecule has 1 N–H and O–H groups in total. The van der Waals surface area contributed by atoms with E-state index in [9.17, 15) is 4.39 Å². The molecule has 0 aromatic carbocycles. The highest BCUT2D eigenvalue weighted by Gasteiger charge is 2.01. The molecule has 0 unspecified atom stereocenters. The molecule has 1 aromatic heterocycles. The van der Waals surface area contributed by atoms with Gasteiger partial charge in [-0.3, -0.25) is 4.98 Å². The van der Waals surface area contributed by atoms with Crippen molar-refractivity contribution >= 4 is 5.76 Å². The average Bonchev–Trinajstić information content (AvgIpc) is 1.88. The van der Waals surface area contributed by atoms with E-state index in [4.69, 9.17) is 5.11 Å². The largest absolute Gasteiger partial charge is 0.508 e. The van der Waals surface area contributed by atoms with E-state index < -0.39 is 5.82 Å². The zero-order valence-corrected chi connectivity index (χ0v) is 5.21. The van der Waals surface area contributed by atoms with Crippen molar-refractivity contribution < 1.29 is 9.50 Å². The summed E-state index contributed by atoms with van der Waals surface area (Å²) in [6.45, 7) is 3.17. The van der Waals surface area contributed by atoms with Crippen molar-refractivity contribution in [3.63, 3.8) is 0 Å². The maximum atomic E-state index is 12.6. The Kier molecular flexibility index (Phi) is 1.67. The minimum atomic E-state index is -0.560. The number of hydrogen-bond acceptors (Lipinski definition) is 2. The van der Waals surface area contributed by atoms with Crippen LogP contribution in [0.25, 0.3) is 5.76 Å². The van der Waals surface area contributed by atoms with Gasteiger partial charge >= 0.3 is 0 Å². The molecule has 1 aromatic rings. The van der Waals surface area contributed by atoms with Crippen LogP contribution in [0.5, 0.6) is 0 Å². The van der Waals surface area contributed by atoms with Gasteiger partial charge in [0.1, 0.15) is 5.76 Å². The highest BCUT2D eigenvalue weighted by Crippen LogP contribution is 2.11. The Hall–Kier alpha value is -1.38. The van der Waals surface area contributed by atoms with Crippen molar-refractivity contribution in [2.24, 2.45) is 0 Å². The molecule has 0 spiro atoms. The third-order valence-corrected chi connectivity index (χ3v) is 1.08. The standard InChI is InChI=1S/C7H6FNO/c1-5(10)6-2-3-9-4-7(6)8/h2-4,10H,1H2. The number of aromatic nitrogens is 1. The van der Waals surface area contributed by atoms with Crippen LogP contribution in [0.15, 0.2) is 25.0 Å². The number of aliphatic hydroxyl groups is 1. The van der Waals surface area contributed by atoms with Gasteiger partial charge in [-0.1, -0.05) is 6.58 Å². The number of rotatable bonds is 1. The highest BCUT2D eigenvalue weighted by molar-refractivity contribution is 5.55. The molecule has 0 amide bonds. The molecule has 0 aliphatic rings. The molecule has 0 saturated carbocycles. The van der Waals surface area contributed by atoms with Crippen molar-refractivity contribution in [1.82, 2.24) is 4.98 Å². The summed E-state index contributed by atoms with van der Waals surface area (Å²) in [5.41, 5.74) is 0.0926. The van der Waals surface area contributed by atoms with Gasteiger partial charge in [0.2, 0.25) is 0 Å². The first-order valence-electron chi connectivity index (χ1n) is 2.69. The molecule has 10 heavy (non-hydrogen) atoms. The topological polar surface area (TPSA) is 33.1 Å². The fraction of sp³-hybridized carbons (Fsp3) is 0. The highest BCUT2D eigenvalue weighted by atomic mass is 19.1. The summed E-state index contributed by atoms with van der Waals surface area (Å²) in [6, 6.07) is 1.36. The summed E-state index contributed by atoms with van der Waals surface area (Å²) in [5.74, 6) is -0.838. The van der Waals surface area contributed by atoms with E-state index in [0.717, 1.165) is 6.20 Å². The second-order valence-electron chi connectivity index (χ2n) is 1.80. The molecule has 1 rings (SSSR count). The molecule has 0 radical (unpaired) electrons. The van der Waals surface area contributed by atoms with Crippen molar-refractivity contribution in [2.75, 3.05) is 0 Å². The Morgan fingerprint density at radius 2 is 2.40 bits per heavy atom. The van der Waals surface area contributed by atoms with Crippen LogP contribution < -0.4 is 0 Å². The summed E-state index contributed by atoms with van der Waals surface area (Å²) >= 11 is 0. The third-order valence-electron chi connectivity index (χ3n) is 1.08. The first kappa shape index (κ1) is 6.74. The van der Waals surface area contributed by atoms with Crippen molar-refractivity contribution in [3.05, 3.63) is 36.4 Å². The van der Waals surface area contributed by atoms with Gasteiger partial charge in [-0.15, -0.1) is 0 Å². The van der Waals surface area contributed by atoms with Crippen LogP contribution >= 0.6 is 0 Å². The third kappa shape index (κ3) is 1.13. The minimum Gasteiger partial charge on any atom is -0.508 e. The molecule has 0 fully saturated rings. The number of aliphatic hydroxyl groups excluding tert-OH is 1. The Labute approximate surface area is 57.7 Å². The maximum absolute atomic E-state index is 12.6. The molecular weight excluding hydrogens is 133 g/mol. The fourth-order valence-electron chi connectivity index (χ4n) is 0.609. The number of nitrogens with zero attached hydrogens (tertiary/aromatic N) is 1. The summed E-state index contributed by atoms with van der Waals surface area (Å²) in [6.07, 6.45) is 2.41. The summed E-state index contributed by atoms with van der Waals surface area (Å²) < 4.78 is 12.6. The molecule has 0 bridgehead atoms. The quantitative estimate of drug-likeness (QED) is 0.601. The van der Waals surface area contributed by atoms with Gasteiger partial charge in [0, 0.05) is 6.20 Å². The SMILES string of the molecule is C=C(O)c1ccncc1F. The molecule has 3 heteroatoms. The van der Waals surface area contributed by atoms with E-state index in [2.05, 4.69) is 11.6 Å². The second-order valence-corrected chi connectivity index (χ2v) is 1.80. The fourth-order valence-corrected chi connectivity index (χ4v) is 0.609. The normalized spacial score (nSPS) is 9.30. The molecule has 0 atom stereocenters. The lowest BCUT2D eigenvalue weighted by Crippen LogP contribution is -1.87. The van der Waals surface area contributed by atoms with Gasteiger partial charge in [0.15, 0.2) is 5.82 Å². The predicted molar refractivity (Wildman–Crippen MR) is 35.9 cm³/mol. The van der Waals surface area contributed by atoms with Crippen LogP contribution in [0, 0.1) is 5.82 Å². The molecule has 2 nitrogen and oxygen atoms in total. The van der Waals surface area contributed by atoms with Gasteiger partial charge in [-0.25, -0.2) is 4.39 Å². The van der Waals surface area contributed by atoms with E-state index in [1.165, 1.54) is 12.3 Å². The first-order valence-corrected chi connectivity index (χ1v) is 2.69. The summed E-state index contributed by atoms with van der Waals surface area (Å²) in [5, 5.41) is 8.74. The minimum absolute atomic E-state index is 0.0926. The van der Waals surface area contributed by atoms with Crippen LogP contribution in [0.3, 0.4) is 0 Å². The lowest BCUT2D eigenvalue weighted by molar-refractivity contribution is 0.503. The Morgan fingerprint density at radius 3 is 2.80 bits per heavy atom.